The van der Waals surface area contributed by atoms with E-state index < -0.39 is 11.9 Å². The van der Waals surface area contributed by atoms with Crippen LogP contribution in [0.15, 0.2) is 97.6 Å². The molecule has 160 valence electrons. The molecule has 0 bridgehead atoms. The smallest absolute Gasteiger partial charge is 0.331 e. The first-order valence-electron chi connectivity index (χ1n) is 9.87. The van der Waals surface area contributed by atoms with E-state index in [0.29, 0.717) is 0 Å². The van der Waals surface area contributed by atoms with Crippen molar-refractivity contribution in [3.05, 3.63) is 109 Å². The van der Waals surface area contributed by atoms with E-state index in [1.807, 2.05) is 73.1 Å². The maximum atomic E-state index is 11.9. The lowest BCUT2D eigenvalue weighted by molar-refractivity contribution is -0.141. The van der Waals surface area contributed by atoms with Crippen molar-refractivity contribution in [1.29, 1.82) is 0 Å². The lowest BCUT2D eigenvalue weighted by Crippen LogP contribution is -2.05. The molecule has 0 aliphatic carbocycles. The highest BCUT2D eigenvalue weighted by Crippen LogP contribution is 2.11. The lowest BCUT2D eigenvalue weighted by atomic mass is 10.2. The second kappa shape index (κ2) is 10.0. The van der Waals surface area contributed by atoms with E-state index in [0.717, 1.165) is 34.7 Å². The van der Waals surface area contributed by atoms with Crippen LogP contribution in [0.3, 0.4) is 0 Å². The van der Waals surface area contributed by atoms with Gasteiger partial charge in [-0.3, -0.25) is 0 Å². The topological polar surface area (TPSA) is 88.2 Å². The number of hydrogen-bond donors (Lipinski definition) is 0. The van der Waals surface area contributed by atoms with Crippen LogP contribution in [-0.4, -0.2) is 31.5 Å². The third kappa shape index (κ3) is 5.57. The van der Waals surface area contributed by atoms with E-state index >= 15 is 0 Å². The molecule has 0 aliphatic rings. The molecular formula is C24H20N4O4. The number of carbonyl (C=O) groups is 2. The first kappa shape index (κ1) is 20.8. The predicted octanol–water partition coefficient (Wildman–Crippen LogP) is 3.40. The van der Waals surface area contributed by atoms with Crippen LogP contribution in [0, 0.1) is 0 Å². The fraction of sp³-hybridized carbons (Fsp3) is 0.0833. The van der Waals surface area contributed by atoms with Crippen molar-refractivity contribution in [3.63, 3.8) is 0 Å². The van der Waals surface area contributed by atoms with Gasteiger partial charge in [0, 0.05) is 36.9 Å². The van der Waals surface area contributed by atoms with Gasteiger partial charge in [-0.15, -0.1) is 0 Å². The zero-order valence-corrected chi connectivity index (χ0v) is 17.1. The molecule has 2 aromatic heterocycles. The van der Waals surface area contributed by atoms with Gasteiger partial charge in [-0.1, -0.05) is 24.3 Å². The third-order valence-electron chi connectivity index (χ3n) is 4.53. The van der Waals surface area contributed by atoms with E-state index in [4.69, 9.17) is 9.47 Å². The van der Waals surface area contributed by atoms with Crippen LogP contribution in [0.5, 0.6) is 0 Å². The molecular weight excluding hydrogens is 408 g/mol. The van der Waals surface area contributed by atoms with Crippen LogP contribution in [0.2, 0.25) is 0 Å². The molecule has 0 spiro atoms. The molecule has 4 aromatic rings. The maximum absolute atomic E-state index is 11.9. The van der Waals surface area contributed by atoms with Gasteiger partial charge in [-0.25, -0.2) is 19.0 Å². The minimum Gasteiger partial charge on any atom is -0.458 e. The number of rotatable bonds is 8. The van der Waals surface area contributed by atoms with Gasteiger partial charge in [-0.05, 0) is 47.5 Å². The molecule has 0 fully saturated rings. The third-order valence-corrected chi connectivity index (χ3v) is 4.53. The van der Waals surface area contributed by atoms with Gasteiger partial charge in [0.2, 0.25) is 0 Å². The maximum Gasteiger partial charge on any atom is 0.331 e. The number of benzene rings is 2. The Morgan fingerprint density at radius 1 is 0.688 bits per heavy atom. The van der Waals surface area contributed by atoms with E-state index in [9.17, 15) is 9.59 Å². The van der Waals surface area contributed by atoms with Crippen molar-refractivity contribution in [2.75, 3.05) is 0 Å². The minimum atomic E-state index is -0.623. The molecule has 4 rings (SSSR count). The van der Waals surface area contributed by atoms with E-state index in [1.54, 1.807) is 21.8 Å². The average molecular weight is 428 g/mol. The Balaban J connectivity index is 1.20. The van der Waals surface area contributed by atoms with Gasteiger partial charge in [0.15, 0.2) is 0 Å². The summed E-state index contributed by atoms with van der Waals surface area (Å²) >= 11 is 0. The van der Waals surface area contributed by atoms with Gasteiger partial charge in [0.05, 0.1) is 11.4 Å². The van der Waals surface area contributed by atoms with Crippen molar-refractivity contribution in [1.82, 2.24) is 19.6 Å². The molecule has 0 unspecified atom stereocenters. The molecule has 0 aliphatic heterocycles. The molecule has 2 heterocycles. The van der Waals surface area contributed by atoms with Crippen LogP contribution in [0.25, 0.3) is 11.4 Å². The SMILES string of the molecule is O=C(/C=C/C(=O)OCc1ccc(-n2cccn2)cc1)OCc1ccc(-n2cccn2)cc1. The fourth-order valence-corrected chi connectivity index (χ4v) is 2.87. The highest BCUT2D eigenvalue weighted by Gasteiger charge is 2.04. The summed E-state index contributed by atoms with van der Waals surface area (Å²) < 4.78 is 13.8. The Morgan fingerprint density at radius 2 is 1.09 bits per heavy atom. The van der Waals surface area contributed by atoms with E-state index in [2.05, 4.69) is 10.2 Å². The second-order valence-electron chi connectivity index (χ2n) is 6.78. The normalized spacial score (nSPS) is 10.9. The average Bonchev–Trinajstić information content (AvgIpc) is 3.55. The second-order valence-corrected chi connectivity index (χ2v) is 6.78. The zero-order chi connectivity index (χ0) is 22.2. The molecule has 8 heteroatoms. The summed E-state index contributed by atoms with van der Waals surface area (Å²) in [6.07, 6.45) is 9.20. The Hall–Kier alpha value is -4.46. The Kier molecular flexibility index (Phi) is 6.52. The molecule has 0 N–H and O–H groups in total. The number of aromatic nitrogens is 4. The summed E-state index contributed by atoms with van der Waals surface area (Å²) in [6.45, 7) is 0.195. The quantitative estimate of drug-likeness (QED) is 0.316. The number of nitrogens with zero attached hydrogens (tertiary/aromatic N) is 4. The summed E-state index contributed by atoms with van der Waals surface area (Å²) in [5, 5.41) is 8.31. The highest BCUT2D eigenvalue weighted by molar-refractivity contribution is 5.91. The largest absolute Gasteiger partial charge is 0.458 e. The number of carbonyl (C=O) groups excluding carboxylic acids is 2. The summed E-state index contributed by atoms with van der Waals surface area (Å²) in [7, 11) is 0. The van der Waals surface area contributed by atoms with Crippen molar-refractivity contribution in [2.45, 2.75) is 13.2 Å². The molecule has 0 saturated carbocycles. The lowest BCUT2D eigenvalue weighted by Gasteiger charge is -2.05. The monoisotopic (exact) mass is 428 g/mol. The molecule has 8 nitrogen and oxygen atoms in total. The number of esters is 2. The summed E-state index contributed by atoms with van der Waals surface area (Å²) in [4.78, 5) is 23.7. The fourth-order valence-electron chi connectivity index (χ4n) is 2.87. The van der Waals surface area contributed by atoms with E-state index in [1.165, 1.54) is 0 Å². The minimum absolute atomic E-state index is 0.0974. The summed E-state index contributed by atoms with van der Waals surface area (Å²) in [5.74, 6) is -1.25. The van der Waals surface area contributed by atoms with Gasteiger partial charge in [0.1, 0.15) is 13.2 Å². The molecule has 0 atom stereocenters. The van der Waals surface area contributed by atoms with Crippen molar-refractivity contribution >= 4 is 11.9 Å². The van der Waals surface area contributed by atoms with Crippen molar-refractivity contribution in [2.24, 2.45) is 0 Å². The van der Waals surface area contributed by atoms with Gasteiger partial charge < -0.3 is 9.47 Å². The van der Waals surface area contributed by atoms with Gasteiger partial charge in [-0.2, -0.15) is 10.2 Å². The standard InChI is InChI=1S/C24H20N4O4/c29-23(31-17-19-3-7-21(8-4-19)27-15-1-13-25-27)11-12-24(30)32-18-20-5-9-22(10-6-20)28-16-2-14-26-28/h1-16H,17-18H2/b12-11+. The first-order valence-corrected chi connectivity index (χ1v) is 9.87. The summed E-state index contributed by atoms with van der Waals surface area (Å²) in [6, 6.07) is 18.6. The zero-order valence-electron chi connectivity index (χ0n) is 17.1. The highest BCUT2D eigenvalue weighted by atomic mass is 16.5. The summed E-state index contributed by atoms with van der Waals surface area (Å²) in [5.41, 5.74) is 3.46. The van der Waals surface area contributed by atoms with Crippen LogP contribution in [-0.2, 0) is 32.3 Å². The van der Waals surface area contributed by atoms with Crippen LogP contribution in [0.4, 0.5) is 0 Å². The van der Waals surface area contributed by atoms with Crippen molar-refractivity contribution in [3.8, 4) is 11.4 Å². The van der Waals surface area contributed by atoms with Crippen LogP contribution >= 0.6 is 0 Å². The van der Waals surface area contributed by atoms with Crippen LogP contribution in [0.1, 0.15) is 11.1 Å². The number of ether oxygens (including phenoxy) is 2. The molecule has 0 radical (unpaired) electrons. The molecule has 2 aromatic carbocycles. The number of hydrogen-bond acceptors (Lipinski definition) is 6. The van der Waals surface area contributed by atoms with Gasteiger partial charge in [0.25, 0.3) is 0 Å². The Morgan fingerprint density at radius 3 is 1.44 bits per heavy atom. The molecule has 0 saturated heterocycles. The Bertz CT molecular complexity index is 1080. The molecule has 32 heavy (non-hydrogen) atoms. The van der Waals surface area contributed by atoms with Crippen LogP contribution < -0.4 is 0 Å². The molecule has 0 amide bonds. The Labute approximate surface area is 184 Å². The first-order chi connectivity index (χ1) is 15.7. The van der Waals surface area contributed by atoms with Crippen molar-refractivity contribution < 1.29 is 19.1 Å². The van der Waals surface area contributed by atoms with Gasteiger partial charge >= 0.3 is 11.9 Å². The predicted molar refractivity (Wildman–Crippen MR) is 116 cm³/mol. The van der Waals surface area contributed by atoms with E-state index in [-0.39, 0.29) is 13.2 Å².